The molecule has 0 fully saturated rings. The highest BCUT2D eigenvalue weighted by Crippen LogP contribution is 2.15. The molecular formula is C18H21N5O2. The van der Waals surface area contributed by atoms with Gasteiger partial charge in [-0.05, 0) is 36.4 Å². The maximum absolute atomic E-state index is 12.2. The van der Waals surface area contributed by atoms with Crippen LogP contribution in [0, 0.1) is 0 Å². The number of nitrogens with zero attached hydrogens (tertiary/aromatic N) is 2. The maximum Gasteiger partial charge on any atom is 0.319 e. The number of rotatable bonds is 6. The minimum atomic E-state index is -0.316. The zero-order valence-electron chi connectivity index (χ0n) is 14.2. The van der Waals surface area contributed by atoms with Gasteiger partial charge in [-0.25, -0.2) is 9.78 Å². The van der Waals surface area contributed by atoms with Crippen molar-refractivity contribution in [2.75, 3.05) is 36.2 Å². The van der Waals surface area contributed by atoms with E-state index >= 15 is 0 Å². The van der Waals surface area contributed by atoms with Crippen molar-refractivity contribution in [1.29, 1.82) is 0 Å². The average Bonchev–Trinajstić information content (AvgIpc) is 2.61. The van der Waals surface area contributed by atoms with Crippen molar-refractivity contribution in [1.82, 2.24) is 10.3 Å². The number of hydrogen-bond donors (Lipinski definition) is 3. The molecule has 1 aromatic heterocycles. The van der Waals surface area contributed by atoms with E-state index in [4.69, 9.17) is 0 Å². The molecule has 2 rings (SSSR count). The number of amides is 3. The molecule has 3 N–H and O–H groups in total. The Hall–Kier alpha value is -3.35. The minimum absolute atomic E-state index is 0.248. The minimum Gasteiger partial charge on any atom is -0.363 e. The molecular weight excluding hydrogens is 318 g/mol. The standard InChI is InChI=1S/C18H21N5O2/c1-4-11-19-18(25)22-15-8-6-14(7-9-15)21-17(24)13-5-10-16(20-12-13)23(2)3/h4-10,12H,1,11H2,2-3H3,(H,21,24)(H2,19,22,25). The molecule has 0 radical (unpaired) electrons. The quantitative estimate of drug-likeness (QED) is 0.706. The van der Waals surface area contributed by atoms with Crippen LogP contribution in [0.15, 0.2) is 55.3 Å². The molecule has 0 aliphatic heterocycles. The van der Waals surface area contributed by atoms with E-state index in [2.05, 4.69) is 27.5 Å². The smallest absolute Gasteiger partial charge is 0.319 e. The van der Waals surface area contributed by atoms with Crippen LogP contribution >= 0.6 is 0 Å². The summed E-state index contributed by atoms with van der Waals surface area (Å²) >= 11 is 0. The first-order chi connectivity index (χ1) is 12.0. The number of urea groups is 1. The summed E-state index contributed by atoms with van der Waals surface area (Å²) in [7, 11) is 3.77. The monoisotopic (exact) mass is 339 g/mol. The van der Waals surface area contributed by atoms with Crippen LogP contribution in [-0.4, -0.2) is 37.6 Å². The highest BCUT2D eigenvalue weighted by atomic mass is 16.2. The summed E-state index contributed by atoms with van der Waals surface area (Å²) in [4.78, 5) is 29.8. The van der Waals surface area contributed by atoms with E-state index in [9.17, 15) is 9.59 Å². The zero-order valence-corrected chi connectivity index (χ0v) is 14.2. The summed E-state index contributed by atoms with van der Waals surface area (Å²) in [6, 6.07) is 10.0. The Kier molecular flexibility index (Phi) is 6.11. The second-order valence-corrected chi connectivity index (χ2v) is 5.45. The van der Waals surface area contributed by atoms with Crippen molar-refractivity contribution in [2.24, 2.45) is 0 Å². The second-order valence-electron chi connectivity index (χ2n) is 5.45. The Morgan fingerprint density at radius 2 is 1.72 bits per heavy atom. The summed E-state index contributed by atoms with van der Waals surface area (Å²) in [5.41, 5.74) is 1.71. The van der Waals surface area contributed by atoms with Gasteiger partial charge in [0.15, 0.2) is 0 Å². The Morgan fingerprint density at radius 1 is 1.08 bits per heavy atom. The van der Waals surface area contributed by atoms with Crippen molar-refractivity contribution in [2.45, 2.75) is 0 Å². The molecule has 25 heavy (non-hydrogen) atoms. The predicted molar refractivity (Wildman–Crippen MR) is 100 cm³/mol. The lowest BCUT2D eigenvalue weighted by atomic mass is 10.2. The van der Waals surface area contributed by atoms with Crippen molar-refractivity contribution >= 4 is 29.1 Å². The molecule has 2 aromatic rings. The molecule has 0 unspecified atom stereocenters. The third-order valence-electron chi connectivity index (χ3n) is 3.28. The summed E-state index contributed by atoms with van der Waals surface area (Å²) in [5, 5.41) is 8.08. The van der Waals surface area contributed by atoms with Crippen molar-refractivity contribution in [3.05, 3.63) is 60.8 Å². The van der Waals surface area contributed by atoms with Crippen LogP contribution in [0.25, 0.3) is 0 Å². The third kappa shape index (κ3) is 5.35. The van der Waals surface area contributed by atoms with Crippen LogP contribution in [0.5, 0.6) is 0 Å². The fourth-order valence-electron chi connectivity index (χ4n) is 1.97. The van der Waals surface area contributed by atoms with Gasteiger partial charge >= 0.3 is 6.03 Å². The first-order valence-electron chi connectivity index (χ1n) is 7.70. The van der Waals surface area contributed by atoms with Crippen molar-refractivity contribution < 1.29 is 9.59 Å². The lowest BCUT2D eigenvalue weighted by molar-refractivity contribution is 0.102. The molecule has 0 atom stereocenters. The topological polar surface area (TPSA) is 86.4 Å². The fraction of sp³-hybridized carbons (Fsp3) is 0.167. The van der Waals surface area contributed by atoms with E-state index in [0.717, 1.165) is 5.82 Å². The number of benzene rings is 1. The summed E-state index contributed by atoms with van der Waals surface area (Å²) in [6.07, 6.45) is 3.13. The van der Waals surface area contributed by atoms with Gasteiger partial charge in [0.1, 0.15) is 5.82 Å². The van der Waals surface area contributed by atoms with E-state index < -0.39 is 0 Å². The lowest BCUT2D eigenvalue weighted by Crippen LogP contribution is -2.28. The first-order valence-corrected chi connectivity index (χ1v) is 7.70. The van der Waals surface area contributed by atoms with E-state index in [-0.39, 0.29) is 11.9 Å². The molecule has 130 valence electrons. The van der Waals surface area contributed by atoms with Gasteiger partial charge in [-0.3, -0.25) is 4.79 Å². The SMILES string of the molecule is C=CCNC(=O)Nc1ccc(NC(=O)c2ccc(N(C)C)nc2)cc1. The molecule has 3 amide bonds. The molecule has 0 aliphatic rings. The van der Waals surface area contributed by atoms with Gasteiger partial charge < -0.3 is 20.9 Å². The van der Waals surface area contributed by atoms with Crippen LogP contribution in [0.1, 0.15) is 10.4 Å². The van der Waals surface area contributed by atoms with E-state index in [1.165, 1.54) is 6.20 Å². The zero-order chi connectivity index (χ0) is 18.2. The molecule has 1 heterocycles. The number of anilines is 3. The molecule has 7 heteroatoms. The molecule has 0 spiro atoms. The Morgan fingerprint density at radius 3 is 2.24 bits per heavy atom. The van der Waals surface area contributed by atoms with Crippen molar-refractivity contribution in [3.63, 3.8) is 0 Å². The molecule has 0 aliphatic carbocycles. The van der Waals surface area contributed by atoms with Gasteiger partial charge in [-0.1, -0.05) is 6.08 Å². The van der Waals surface area contributed by atoms with Crippen LogP contribution in [0.4, 0.5) is 22.0 Å². The Bertz CT molecular complexity index is 739. The van der Waals surface area contributed by atoms with Gasteiger partial charge in [0.2, 0.25) is 0 Å². The highest BCUT2D eigenvalue weighted by molar-refractivity contribution is 6.04. The average molecular weight is 339 g/mol. The van der Waals surface area contributed by atoms with Crippen LogP contribution in [0.2, 0.25) is 0 Å². The molecule has 7 nitrogen and oxygen atoms in total. The fourth-order valence-corrected chi connectivity index (χ4v) is 1.97. The van der Waals surface area contributed by atoms with Gasteiger partial charge in [0, 0.05) is 38.2 Å². The number of hydrogen-bond acceptors (Lipinski definition) is 4. The first kappa shape index (κ1) is 18.0. The number of aromatic nitrogens is 1. The van der Waals surface area contributed by atoms with Crippen LogP contribution in [0.3, 0.4) is 0 Å². The van der Waals surface area contributed by atoms with Gasteiger partial charge in [-0.2, -0.15) is 0 Å². The third-order valence-corrected chi connectivity index (χ3v) is 3.28. The summed E-state index contributed by atoms with van der Waals surface area (Å²) < 4.78 is 0. The van der Waals surface area contributed by atoms with E-state index in [0.29, 0.717) is 23.5 Å². The Labute approximate surface area is 146 Å². The lowest BCUT2D eigenvalue weighted by Gasteiger charge is -2.11. The molecule has 1 aromatic carbocycles. The van der Waals surface area contributed by atoms with Crippen molar-refractivity contribution in [3.8, 4) is 0 Å². The highest BCUT2D eigenvalue weighted by Gasteiger charge is 2.08. The van der Waals surface area contributed by atoms with Crippen LogP contribution < -0.4 is 20.9 Å². The second kappa shape index (κ2) is 8.49. The predicted octanol–water partition coefficient (Wildman–Crippen LogP) is 2.71. The summed E-state index contributed by atoms with van der Waals surface area (Å²) in [6.45, 7) is 3.92. The Balaban J connectivity index is 1.94. The molecule has 0 saturated heterocycles. The van der Waals surface area contributed by atoms with Gasteiger partial charge in [-0.15, -0.1) is 6.58 Å². The van der Waals surface area contributed by atoms with Gasteiger partial charge in [0.25, 0.3) is 5.91 Å². The summed E-state index contributed by atoms with van der Waals surface area (Å²) in [5.74, 6) is 0.531. The largest absolute Gasteiger partial charge is 0.363 e. The number of pyridine rings is 1. The van der Waals surface area contributed by atoms with E-state index in [1.807, 2.05) is 19.0 Å². The molecule has 0 saturated carbocycles. The number of carbonyl (C=O) groups excluding carboxylic acids is 2. The number of carbonyl (C=O) groups is 2. The van der Waals surface area contributed by atoms with Crippen LogP contribution in [-0.2, 0) is 0 Å². The number of nitrogens with one attached hydrogen (secondary N) is 3. The van der Waals surface area contributed by atoms with Gasteiger partial charge in [0.05, 0.1) is 5.56 Å². The molecule has 0 bridgehead atoms. The van der Waals surface area contributed by atoms with E-state index in [1.54, 1.807) is 42.5 Å². The maximum atomic E-state index is 12.2. The normalized spacial score (nSPS) is 9.84.